The highest BCUT2D eigenvalue weighted by molar-refractivity contribution is 6.32. The van der Waals surface area contributed by atoms with Crippen LogP contribution in [0.25, 0.3) is 0 Å². The van der Waals surface area contributed by atoms with Crippen LogP contribution in [0.15, 0.2) is 47.6 Å². The van der Waals surface area contributed by atoms with Crippen molar-refractivity contribution in [3.8, 4) is 5.75 Å². The van der Waals surface area contributed by atoms with Gasteiger partial charge in [0.15, 0.2) is 6.61 Å². The summed E-state index contributed by atoms with van der Waals surface area (Å²) < 4.78 is 5.02. The minimum atomic E-state index is -1.09. The summed E-state index contributed by atoms with van der Waals surface area (Å²) in [6.45, 7) is 1.45. The van der Waals surface area contributed by atoms with Gasteiger partial charge in [0.2, 0.25) is 0 Å². The highest BCUT2D eigenvalue weighted by atomic mass is 35.5. The molecule has 7 nitrogen and oxygen atoms in total. The lowest BCUT2D eigenvalue weighted by Crippen LogP contribution is -2.24. The van der Waals surface area contributed by atoms with E-state index in [4.69, 9.17) is 21.4 Å². The van der Waals surface area contributed by atoms with E-state index in [2.05, 4.69) is 15.8 Å². The molecule has 0 fully saturated rings. The third-order valence-corrected chi connectivity index (χ3v) is 3.26. The van der Waals surface area contributed by atoms with Crippen molar-refractivity contribution in [2.24, 2.45) is 5.10 Å². The number of anilines is 1. The Morgan fingerprint density at radius 3 is 2.76 bits per heavy atom. The SMILES string of the molecule is Cc1cccc(NC(=O)N/N=C/c2ccc(OCC(=O)O)c(Cl)c2)c1. The number of nitrogens with one attached hydrogen (secondary N) is 2. The van der Waals surface area contributed by atoms with Crippen LogP contribution in [0.2, 0.25) is 5.02 Å². The van der Waals surface area contributed by atoms with E-state index in [-0.39, 0.29) is 10.8 Å². The Morgan fingerprint density at radius 1 is 1.28 bits per heavy atom. The van der Waals surface area contributed by atoms with Gasteiger partial charge in [0.05, 0.1) is 11.2 Å². The van der Waals surface area contributed by atoms with E-state index in [1.807, 2.05) is 25.1 Å². The molecule has 0 aliphatic rings. The molecule has 0 saturated carbocycles. The molecule has 0 aromatic heterocycles. The maximum atomic E-state index is 11.7. The number of hydrazone groups is 1. The van der Waals surface area contributed by atoms with E-state index in [1.165, 1.54) is 12.3 Å². The summed E-state index contributed by atoms with van der Waals surface area (Å²) >= 11 is 6.00. The van der Waals surface area contributed by atoms with E-state index >= 15 is 0 Å². The molecule has 3 N–H and O–H groups in total. The summed E-state index contributed by atoms with van der Waals surface area (Å²) in [6, 6.07) is 11.6. The van der Waals surface area contributed by atoms with Crippen LogP contribution in [0.1, 0.15) is 11.1 Å². The zero-order valence-corrected chi connectivity index (χ0v) is 14.1. The van der Waals surface area contributed by atoms with E-state index in [0.29, 0.717) is 11.3 Å². The first kappa shape index (κ1) is 18.3. The van der Waals surface area contributed by atoms with E-state index < -0.39 is 18.6 Å². The van der Waals surface area contributed by atoms with Crippen molar-refractivity contribution in [3.05, 3.63) is 58.6 Å². The Balaban J connectivity index is 1.89. The molecular formula is C17H16ClN3O4. The van der Waals surface area contributed by atoms with Gasteiger partial charge in [0.25, 0.3) is 0 Å². The number of urea groups is 1. The van der Waals surface area contributed by atoms with Crippen molar-refractivity contribution >= 4 is 35.5 Å². The van der Waals surface area contributed by atoms with E-state index in [0.717, 1.165) is 5.56 Å². The second-order valence-corrected chi connectivity index (χ2v) is 5.47. The number of nitrogens with zero attached hydrogens (tertiary/aromatic N) is 1. The lowest BCUT2D eigenvalue weighted by atomic mass is 10.2. The van der Waals surface area contributed by atoms with E-state index in [9.17, 15) is 9.59 Å². The summed E-state index contributed by atoms with van der Waals surface area (Å²) in [4.78, 5) is 22.2. The van der Waals surface area contributed by atoms with Crippen molar-refractivity contribution in [1.82, 2.24) is 5.43 Å². The average Bonchev–Trinajstić information content (AvgIpc) is 2.54. The second-order valence-electron chi connectivity index (χ2n) is 5.07. The van der Waals surface area contributed by atoms with E-state index in [1.54, 1.807) is 18.2 Å². The molecule has 0 heterocycles. The zero-order valence-electron chi connectivity index (χ0n) is 13.3. The molecule has 0 aliphatic carbocycles. The van der Waals surface area contributed by atoms with Gasteiger partial charge in [-0.2, -0.15) is 5.10 Å². The number of benzene rings is 2. The molecule has 0 aliphatic heterocycles. The number of halogens is 1. The summed E-state index contributed by atoms with van der Waals surface area (Å²) in [5, 5.41) is 15.3. The monoisotopic (exact) mass is 361 g/mol. The first-order valence-electron chi connectivity index (χ1n) is 7.25. The lowest BCUT2D eigenvalue weighted by molar-refractivity contribution is -0.139. The molecule has 0 unspecified atom stereocenters. The molecule has 8 heteroatoms. The van der Waals surface area contributed by atoms with Crippen molar-refractivity contribution in [2.45, 2.75) is 6.92 Å². The maximum Gasteiger partial charge on any atom is 0.341 e. The van der Waals surface area contributed by atoms with Gasteiger partial charge in [-0.3, -0.25) is 0 Å². The molecule has 2 rings (SSSR count). The molecule has 2 amide bonds. The Bertz CT molecular complexity index is 808. The number of ether oxygens (including phenoxy) is 1. The third kappa shape index (κ3) is 6.15. The Labute approximate surface area is 149 Å². The standard InChI is InChI=1S/C17H16ClN3O4/c1-11-3-2-4-13(7-11)20-17(24)21-19-9-12-5-6-15(14(18)8-12)25-10-16(22)23/h2-9H,10H2,1H3,(H,22,23)(H2,20,21,24)/b19-9+. The average molecular weight is 362 g/mol. The van der Waals surface area contributed by atoms with Gasteiger partial charge in [0.1, 0.15) is 5.75 Å². The normalized spacial score (nSPS) is 10.5. The van der Waals surface area contributed by atoms with Gasteiger partial charge in [-0.05, 0) is 48.4 Å². The minimum Gasteiger partial charge on any atom is -0.480 e. The smallest absolute Gasteiger partial charge is 0.341 e. The van der Waals surface area contributed by atoms with Crippen molar-refractivity contribution in [2.75, 3.05) is 11.9 Å². The molecule has 0 saturated heterocycles. The number of rotatable bonds is 6. The van der Waals surface area contributed by atoms with Crippen LogP contribution in [-0.4, -0.2) is 29.9 Å². The first-order chi connectivity index (χ1) is 11.9. The lowest BCUT2D eigenvalue weighted by Gasteiger charge is -2.06. The maximum absolute atomic E-state index is 11.7. The summed E-state index contributed by atoms with van der Waals surface area (Å²) in [7, 11) is 0. The number of carbonyl (C=O) groups excluding carboxylic acids is 1. The van der Waals surface area contributed by atoms with Crippen LogP contribution in [0.5, 0.6) is 5.75 Å². The fourth-order valence-corrected chi connectivity index (χ4v) is 2.14. The molecule has 25 heavy (non-hydrogen) atoms. The zero-order chi connectivity index (χ0) is 18.2. The van der Waals surface area contributed by atoms with Crippen molar-refractivity contribution in [3.63, 3.8) is 0 Å². The fraction of sp³-hybridized carbons (Fsp3) is 0.118. The highest BCUT2D eigenvalue weighted by Gasteiger charge is 2.05. The molecule has 0 atom stereocenters. The molecule has 0 spiro atoms. The fourth-order valence-electron chi connectivity index (χ4n) is 1.90. The number of carbonyl (C=O) groups is 2. The largest absolute Gasteiger partial charge is 0.480 e. The van der Waals surface area contributed by atoms with Crippen molar-refractivity contribution < 1.29 is 19.4 Å². The Kier molecular flexibility index (Phi) is 6.36. The Morgan fingerprint density at radius 2 is 2.08 bits per heavy atom. The molecule has 2 aromatic rings. The summed E-state index contributed by atoms with van der Waals surface area (Å²) in [5.41, 5.74) is 4.65. The van der Waals surface area contributed by atoms with Gasteiger partial charge in [-0.25, -0.2) is 15.0 Å². The second kappa shape index (κ2) is 8.70. The minimum absolute atomic E-state index is 0.245. The predicted molar refractivity (Wildman–Crippen MR) is 95.5 cm³/mol. The predicted octanol–water partition coefficient (Wildman–Crippen LogP) is 3.27. The first-order valence-corrected chi connectivity index (χ1v) is 7.63. The molecule has 130 valence electrons. The van der Waals surface area contributed by atoms with Gasteiger partial charge in [0, 0.05) is 5.69 Å². The number of aryl methyl sites for hydroxylation is 1. The van der Waals surface area contributed by atoms with Crippen LogP contribution < -0.4 is 15.5 Å². The number of amides is 2. The van der Waals surface area contributed by atoms with Crippen molar-refractivity contribution in [1.29, 1.82) is 0 Å². The van der Waals surface area contributed by atoms with Gasteiger partial charge in [-0.15, -0.1) is 0 Å². The topological polar surface area (TPSA) is 100 Å². The number of carboxylic acid groups (broad SMARTS) is 1. The third-order valence-electron chi connectivity index (χ3n) is 2.96. The van der Waals surface area contributed by atoms with Crippen LogP contribution in [0.3, 0.4) is 0 Å². The number of hydrogen-bond donors (Lipinski definition) is 3. The van der Waals surface area contributed by atoms with Crippen LogP contribution >= 0.6 is 11.6 Å². The number of aliphatic carboxylic acids is 1. The van der Waals surface area contributed by atoms with Crippen LogP contribution in [0, 0.1) is 6.92 Å². The van der Waals surface area contributed by atoms with Gasteiger partial charge < -0.3 is 15.2 Å². The number of hydrogen-bond acceptors (Lipinski definition) is 4. The van der Waals surface area contributed by atoms with Gasteiger partial charge in [-0.1, -0.05) is 23.7 Å². The molecule has 0 bridgehead atoms. The van der Waals surface area contributed by atoms with Gasteiger partial charge >= 0.3 is 12.0 Å². The Hall–Kier alpha value is -3.06. The quantitative estimate of drug-likeness (QED) is 0.543. The van der Waals surface area contributed by atoms with Crippen LogP contribution in [-0.2, 0) is 4.79 Å². The summed E-state index contributed by atoms with van der Waals surface area (Å²) in [6.07, 6.45) is 1.41. The number of carboxylic acids is 1. The van der Waals surface area contributed by atoms with Crippen LogP contribution in [0.4, 0.5) is 10.5 Å². The summed E-state index contributed by atoms with van der Waals surface area (Å²) in [5.74, 6) is -0.836. The molecule has 2 aromatic carbocycles. The molecule has 0 radical (unpaired) electrons. The highest BCUT2D eigenvalue weighted by Crippen LogP contribution is 2.24. The molecular weight excluding hydrogens is 346 g/mol.